The Labute approximate surface area is 124 Å². The Hall–Kier alpha value is -2.66. The van der Waals surface area contributed by atoms with Crippen molar-refractivity contribution >= 4 is 11.5 Å². The van der Waals surface area contributed by atoms with Gasteiger partial charge in [0.1, 0.15) is 5.84 Å². The van der Waals surface area contributed by atoms with Crippen LogP contribution in [-0.4, -0.2) is 17.9 Å². The monoisotopic (exact) mass is 281 g/mol. The van der Waals surface area contributed by atoms with Crippen molar-refractivity contribution in [1.82, 2.24) is 15.8 Å². The maximum Gasteiger partial charge on any atom is 0.137 e. The van der Waals surface area contributed by atoms with E-state index in [0.29, 0.717) is 18.1 Å². The first-order valence-electron chi connectivity index (χ1n) is 6.68. The van der Waals surface area contributed by atoms with Gasteiger partial charge >= 0.3 is 0 Å². The lowest BCUT2D eigenvalue weighted by Crippen LogP contribution is -2.33. The van der Waals surface area contributed by atoms with Crippen LogP contribution >= 0.6 is 0 Å². The molecule has 0 bridgehead atoms. The van der Waals surface area contributed by atoms with Crippen LogP contribution in [0.25, 0.3) is 5.70 Å². The van der Waals surface area contributed by atoms with E-state index in [9.17, 15) is 0 Å². The van der Waals surface area contributed by atoms with Gasteiger partial charge in [-0.2, -0.15) is 0 Å². The van der Waals surface area contributed by atoms with Crippen molar-refractivity contribution in [2.75, 3.05) is 7.05 Å². The quantitative estimate of drug-likeness (QED) is 0.443. The maximum atomic E-state index is 6.10. The van der Waals surface area contributed by atoms with Crippen molar-refractivity contribution < 1.29 is 0 Å². The minimum absolute atomic E-state index is 0.538. The zero-order chi connectivity index (χ0) is 14.9. The van der Waals surface area contributed by atoms with E-state index in [4.69, 9.17) is 5.73 Å². The van der Waals surface area contributed by atoms with Crippen molar-refractivity contribution in [2.24, 2.45) is 10.7 Å². The molecule has 0 fully saturated rings. The average molecular weight is 281 g/mol. The Morgan fingerprint density at radius 2 is 2.05 bits per heavy atom. The Morgan fingerprint density at radius 1 is 1.24 bits per heavy atom. The van der Waals surface area contributed by atoms with Gasteiger partial charge in [-0.1, -0.05) is 36.4 Å². The number of hydrazine groups is 1. The van der Waals surface area contributed by atoms with Crippen LogP contribution in [0.2, 0.25) is 0 Å². The summed E-state index contributed by atoms with van der Waals surface area (Å²) in [6.45, 7) is 0.538. The highest BCUT2D eigenvalue weighted by Crippen LogP contribution is 2.07. The van der Waals surface area contributed by atoms with Crippen LogP contribution < -0.4 is 16.6 Å². The fraction of sp³-hybridized carbons (Fsp3) is 0.125. The molecule has 2 rings (SSSR count). The number of nitrogens with two attached hydrogens (primary N) is 1. The van der Waals surface area contributed by atoms with Gasteiger partial charge in [-0.15, -0.1) is 0 Å². The van der Waals surface area contributed by atoms with Crippen LogP contribution in [0.1, 0.15) is 11.1 Å². The number of nitrogens with zero attached hydrogens (tertiary/aromatic N) is 2. The molecule has 1 aromatic heterocycles. The first-order chi connectivity index (χ1) is 10.3. The van der Waals surface area contributed by atoms with Gasteiger partial charge in [0.25, 0.3) is 0 Å². The lowest BCUT2D eigenvalue weighted by Gasteiger charge is -2.07. The van der Waals surface area contributed by atoms with Crippen LogP contribution in [-0.2, 0) is 6.54 Å². The number of aliphatic imine (C=N–C) groups is 1. The molecule has 0 saturated heterocycles. The van der Waals surface area contributed by atoms with E-state index < -0.39 is 0 Å². The van der Waals surface area contributed by atoms with E-state index in [1.54, 1.807) is 19.4 Å². The van der Waals surface area contributed by atoms with Gasteiger partial charge < -0.3 is 11.2 Å². The summed E-state index contributed by atoms with van der Waals surface area (Å²) in [6, 6.07) is 13.7. The third-order valence-electron chi connectivity index (χ3n) is 2.81. The van der Waals surface area contributed by atoms with Crippen molar-refractivity contribution in [3.05, 3.63) is 72.1 Å². The number of hydrogen-bond donors (Lipinski definition) is 3. The molecule has 0 aliphatic heterocycles. The molecule has 0 amide bonds. The van der Waals surface area contributed by atoms with Gasteiger partial charge in [0.15, 0.2) is 0 Å². The molecule has 0 unspecified atom stereocenters. The van der Waals surface area contributed by atoms with Crippen LogP contribution in [0.5, 0.6) is 0 Å². The van der Waals surface area contributed by atoms with Crippen molar-refractivity contribution in [3.63, 3.8) is 0 Å². The molecule has 0 saturated carbocycles. The second kappa shape index (κ2) is 7.81. The maximum absolute atomic E-state index is 6.10. The zero-order valence-electron chi connectivity index (χ0n) is 12.0. The lowest BCUT2D eigenvalue weighted by molar-refractivity contribution is 0.765. The molecule has 108 valence electrons. The minimum atomic E-state index is 0.538. The van der Waals surface area contributed by atoms with Crippen molar-refractivity contribution in [3.8, 4) is 0 Å². The Morgan fingerprint density at radius 3 is 2.71 bits per heavy atom. The molecule has 5 heteroatoms. The molecule has 21 heavy (non-hydrogen) atoms. The molecule has 0 radical (unpaired) electrons. The summed E-state index contributed by atoms with van der Waals surface area (Å²) in [5.41, 5.74) is 14.6. The van der Waals surface area contributed by atoms with E-state index in [1.165, 1.54) is 0 Å². The fourth-order valence-electron chi connectivity index (χ4n) is 1.78. The number of rotatable bonds is 5. The van der Waals surface area contributed by atoms with Gasteiger partial charge in [0.2, 0.25) is 0 Å². The number of hydrogen-bond acceptors (Lipinski definition) is 4. The standard InChI is InChI=1S/C16H19N5/c1-18-21-16(20-12-13-6-5-9-19-11-13)10-15(17)14-7-3-2-4-8-14/h2-11,18H,12,17H2,1H3,(H,20,21). The Kier molecular flexibility index (Phi) is 5.49. The van der Waals surface area contributed by atoms with Crippen molar-refractivity contribution in [2.45, 2.75) is 6.54 Å². The van der Waals surface area contributed by atoms with Gasteiger partial charge in [-0.05, 0) is 17.2 Å². The van der Waals surface area contributed by atoms with E-state index >= 15 is 0 Å². The summed E-state index contributed by atoms with van der Waals surface area (Å²) in [5, 5.41) is 0. The summed E-state index contributed by atoms with van der Waals surface area (Å²) in [7, 11) is 1.78. The predicted molar refractivity (Wildman–Crippen MR) is 86.2 cm³/mol. The molecule has 0 aliphatic carbocycles. The second-order valence-corrected chi connectivity index (χ2v) is 4.40. The predicted octanol–water partition coefficient (Wildman–Crippen LogP) is 1.70. The molecule has 2 aromatic rings. The molecule has 1 aromatic carbocycles. The van der Waals surface area contributed by atoms with Gasteiger partial charge in [0.05, 0.1) is 6.54 Å². The summed E-state index contributed by atoms with van der Waals surface area (Å²) in [4.78, 5) is 8.57. The van der Waals surface area contributed by atoms with Gasteiger partial charge in [0, 0.05) is 31.2 Å². The topological polar surface area (TPSA) is 75.3 Å². The highest BCUT2D eigenvalue weighted by Gasteiger charge is 1.99. The highest BCUT2D eigenvalue weighted by molar-refractivity contribution is 5.98. The first-order valence-corrected chi connectivity index (χ1v) is 6.68. The molecule has 0 spiro atoms. The smallest absolute Gasteiger partial charge is 0.137 e. The molecule has 1 heterocycles. The van der Waals surface area contributed by atoms with E-state index in [2.05, 4.69) is 20.8 Å². The number of aromatic nitrogens is 1. The van der Waals surface area contributed by atoms with E-state index in [-0.39, 0.29) is 0 Å². The van der Waals surface area contributed by atoms with Crippen LogP contribution in [0.3, 0.4) is 0 Å². The summed E-state index contributed by atoms with van der Waals surface area (Å²) < 4.78 is 0. The molecule has 5 nitrogen and oxygen atoms in total. The van der Waals surface area contributed by atoms with Gasteiger partial charge in [-0.3, -0.25) is 9.98 Å². The van der Waals surface area contributed by atoms with Crippen molar-refractivity contribution in [1.29, 1.82) is 0 Å². The van der Waals surface area contributed by atoms with E-state index in [1.807, 2.05) is 48.5 Å². The molecule has 0 aliphatic rings. The Balaban J connectivity index is 2.15. The zero-order valence-corrected chi connectivity index (χ0v) is 12.0. The molecule has 4 N–H and O–H groups in total. The molecule has 0 atom stereocenters. The molecular formula is C16H19N5. The summed E-state index contributed by atoms with van der Waals surface area (Å²) in [5.74, 6) is 0.669. The average Bonchev–Trinajstić information content (AvgIpc) is 2.54. The number of benzene rings is 1. The first kappa shape index (κ1) is 14.7. The van der Waals surface area contributed by atoms with Crippen LogP contribution in [0.15, 0.2) is 65.9 Å². The van der Waals surface area contributed by atoms with Crippen LogP contribution in [0, 0.1) is 0 Å². The SMILES string of the molecule is CNNC(C=C(N)c1ccccc1)=NCc1cccnc1. The summed E-state index contributed by atoms with van der Waals surface area (Å²) in [6.07, 6.45) is 5.35. The minimum Gasteiger partial charge on any atom is -0.398 e. The fourth-order valence-corrected chi connectivity index (χ4v) is 1.78. The number of amidine groups is 1. The summed E-state index contributed by atoms with van der Waals surface area (Å²) >= 11 is 0. The highest BCUT2D eigenvalue weighted by atomic mass is 15.4. The molecular weight excluding hydrogens is 262 g/mol. The Bertz CT molecular complexity index is 605. The lowest BCUT2D eigenvalue weighted by atomic mass is 10.1. The normalized spacial score (nSPS) is 12.2. The number of pyridine rings is 1. The third kappa shape index (κ3) is 4.74. The van der Waals surface area contributed by atoms with Gasteiger partial charge in [-0.25, -0.2) is 5.43 Å². The second-order valence-electron chi connectivity index (χ2n) is 4.40. The van der Waals surface area contributed by atoms with E-state index in [0.717, 1.165) is 11.1 Å². The third-order valence-corrected chi connectivity index (χ3v) is 2.81. The van der Waals surface area contributed by atoms with Crippen LogP contribution in [0.4, 0.5) is 0 Å². The number of nitrogens with one attached hydrogen (secondary N) is 2. The largest absolute Gasteiger partial charge is 0.398 e.